The van der Waals surface area contributed by atoms with E-state index < -0.39 is 0 Å². The van der Waals surface area contributed by atoms with Crippen molar-refractivity contribution in [2.24, 2.45) is 10.4 Å². The lowest BCUT2D eigenvalue weighted by atomic mass is 9.83. The van der Waals surface area contributed by atoms with Gasteiger partial charge in [0.15, 0.2) is 5.96 Å². The van der Waals surface area contributed by atoms with Crippen LogP contribution in [0.1, 0.15) is 78.4 Å². The van der Waals surface area contributed by atoms with Gasteiger partial charge in [0.2, 0.25) is 5.89 Å². The van der Waals surface area contributed by atoms with Crippen molar-refractivity contribution in [3.05, 3.63) is 17.8 Å². The van der Waals surface area contributed by atoms with E-state index in [-0.39, 0.29) is 5.41 Å². The molecule has 0 bridgehead atoms. The molecule has 6 heteroatoms. The van der Waals surface area contributed by atoms with E-state index in [0.29, 0.717) is 17.9 Å². The van der Waals surface area contributed by atoms with Crippen molar-refractivity contribution in [3.63, 3.8) is 0 Å². The maximum Gasteiger partial charge on any atom is 0.216 e. The largest absolute Gasteiger partial charge is 0.443 e. The zero-order chi connectivity index (χ0) is 19.8. The predicted molar refractivity (Wildman–Crippen MR) is 110 cm³/mol. The maximum absolute atomic E-state index is 5.85. The third kappa shape index (κ3) is 6.83. The molecule has 1 fully saturated rings. The molecule has 0 spiro atoms. The molecule has 2 N–H and O–H groups in total. The van der Waals surface area contributed by atoms with E-state index in [1.54, 1.807) is 0 Å². The van der Waals surface area contributed by atoms with Crippen molar-refractivity contribution in [2.45, 2.75) is 78.7 Å². The average molecular weight is 379 g/mol. The van der Waals surface area contributed by atoms with Gasteiger partial charge in [-0.1, -0.05) is 33.6 Å². The third-order valence-corrected chi connectivity index (χ3v) is 5.29. The Kier molecular flexibility index (Phi) is 8.14. The topological polar surface area (TPSA) is 71.7 Å². The lowest BCUT2D eigenvalue weighted by molar-refractivity contribution is 0.105. The number of guanidine groups is 1. The molecule has 1 heterocycles. The molecular formula is C21H38N4O2. The van der Waals surface area contributed by atoms with Crippen LogP contribution in [-0.2, 0) is 16.7 Å². The molecule has 2 rings (SSSR count). The van der Waals surface area contributed by atoms with Gasteiger partial charge in [0.1, 0.15) is 12.3 Å². The monoisotopic (exact) mass is 378 g/mol. The summed E-state index contributed by atoms with van der Waals surface area (Å²) in [5.41, 5.74) is 0.292. The number of rotatable bonds is 9. The number of oxazole rings is 1. The van der Waals surface area contributed by atoms with Crippen LogP contribution in [0.2, 0.25) is 0 Å². The summed E-state index contributed by atoms with van der Waals surface area (Å²) in [7, 11) is 0. The highest BCUT2D eigenvalue weighted by Crippen LogP contribution is 2.40. The molecule has 0 unspecified atom stereocenters. The van der Waals surface area contributed by atoms with Gasteiger partial charge in [-0.05, 0) is 38.5 Å². The van der Waals surface area contributed by atoms with Crippen LogP contribution in [0.5, 0.6) is 0 Å². The zero-order valence-corrected chi connectivity index (χ0v) is 17.9. The lowest BCUT2D eigenvalue weighted by Crippen LogP contribution is -2.43. The first-order chi connectivity index (χ1) is 12.9. The Balaban J connectivity index is 1.95. The molecule has 1 aliphatic rings. The van der Waals surface area contributed by atoms with Gasteiger partial charge >= 0.3 is 0 Å². The Labute approximate surface area is 164 Å². The summed E-state index contributed by atoms with van der Waals surface area (Å²) in [6.45, 7) is 14.3. The second-order valence-corrected chi connectivity index (χ2v) is 8.57. The van der Waals surface area contributed by atoms with Crippen molar-refractivity contribution in [1.29, 1.82) is 0 Å². The lowest BCUT2D eigenvalue weighted by Gasteiger charge is -2.30. The maximum atomic E-state index is 5.85. The number of hydrogen-bond donors (Lipinski definition) is 2. The second kappa shape index (κ2) is 10.1. The summed E-state index contributed by atoms with van der Waals surface area (Å²) in [5.74, 6) is 2.38. The normalized spacial score (nSPS) is 17.3. The molecule has 1 aromatic rings. The van der Waals surface area contributed by atoms with Crippen molar-refractivity contribution in [2.75, 3.05) is 26.3 Å². The molecular weight excluding hydrogens is 340 g/mol. The highest BCUT2D eigenvalue weighted by molar-refractivity contribution is 5.79. The van der Waals surface area contributed by atoms with Gasteiger partial charge in [0.05, 0.1) is 6.20 Å². The van der Waals surface area contributed by atoms with Crippen LogP contribution < -0.4 is 10.6 Å². The summed E-state index contributed by atoms with van der Waals surface area (Å²) in [6, 6.07) is 0. The fourth-order valence-electron chi connectivity index (χ4n) is 3.56. The van der Waals surface area contributed by atoms with Crippen LogP contribution >= 0.6 is 0 Å². The Bertz CT molecular complexity index is 583. The van der Waals surface area contributed by atoms with Crippen molar-refractivity contribution in [1.82, 2.24) is 15.6 Å². The van der Waals surface area contributed by atoms with Gasteiger partial charge in [0.25, 0.3) is 0 Å². The van der Waals surface area contributed by atoms with Crippen LogP contribution in [0.3, 0.4) is 0 Å². The highest BCUT2D eigenvalue weighted by Gasteiger charge is 2.33. The Hall–Kier alpha value is -1.56. The molecule has 1 aromatic heterocycles. The van der Waals surface area contributed by atoms with Crippen LogP contribution in [0.25, 0.3) is 0 Å². The van der Waals surface area contributed by atoms with E-state index in [1.807, 2.05) is 6.20 Å². The molecule has 27 heavy (non-hydrogen) atoms. The van der Waals surface area contributed by atoms with E-state index in [2.05, 4.69) is 55.2 Å². The summed E-state index contributed by atoms with van der Waals surface area (Å²) >= 11 is 0. The first-order valence-corrected chi connectivity index (χ1v) is 10.4. The summed E-state index contributed by atoms with van der Waals surface area (Å²) in [6.07, 6.45) is 8.08. The minimum absolute atomic E-state index is 0.0346. The number of aromatic nitrogens is 1. The van der Waals surface area contributed by atoms with E-state index in [1.165, 1.54) is 25.7 Å². The summed E-state index contributed by atoms with van der Waals surface area (Å²) in [4.78, 5) is 9.04. The quantitative estimate of drug-likeness (QED) is 0.386. The number of nitrogens with one attached hydrogen (secondary N) is 2. The molecule has 6 nitrogen and oxygen atoms in total. The average Bonchev–Trinajstić information content (AvgIpc) is 3.27. The number of hydrogen-bond acceptors (Lipinski definition) is 4. The van der Waals surface area contributed by atoms with Gasteiger partial charge in [-0.25, -0.2) is 9.98 Å². The SMILES string of the molecule is CCNC(=NCc1ncc(C(C)(C)C)o1)NCC1(CCOCC)CCCC1. The molecule has 1 saturated carbocycles. The molecule has 0 aliphatic heterocycles. The number of ether oxygens (including phenoxy) is 1. The van der Waals surface area contributed by atoms with Crippen molar-refractivity contribution < 1.29 is 9.15 Å². The molecule has 0 radical (unpaired) electrons. The van der Waals surface area contributed by atoms with E-state index >= 15 is 0 Å². The zero-order valence-electron chi connectivity index (χ0n) is 17.9. The highest BCUT2D eigenvalue weighted by atomic mass is 16.5. The first-order valence-electron chi connectivity index (χ1n) is 10.4. The van der Waals surface area contributed by atoms with E-state index in [4.69, 9.17) is 9.15 Å². The molecule has 0 aromatic carbocycles. The minimum atomic E-state index is -0.0346. The van der Waals surface area contributed by atoms with Gasteiger partial charge in [-0.15, -0.1) is 0 Å². The Morgan fingerprint density at radius 3 is 2.59 bits per heavy atom. The standard InChI is InChI=1S/C21H38N4O2/c1-6-22-19(24-15-18-23-14-17(27-18)20(3,4)5)25-16-21(10-8-9-11-21)12-13-26-7-2/h14H,6-13,15-16H2,1-5H3,(H2,22,24,25). The number of nitrogens with zero attached hydrogens (tertiary/aromatic N) is 2. The third-order valence-electron chi connectivity index (χ3n) is 5.29. The van der Waals surface area contributed by atoms with Crippen LogP contribution in [0, 0.1) is 5.41 Å². The first kappa shape index (κ1) is 21.7. The van der Waals surface area contributed by atoms with Gasteiger partial charge in [-0.3, -0.25) is 0 Å². The summed E-state index contributed by atoms with van der Waals surface area (Å²) in [5, 5.41) is 6.89. The van der Waals surface area contributed by atoms with Crippen molar-refractivity contribution in [3.8, 4) is 0 Å². The van der Waals surface area contributed by atoms with Crippen LogP contribution in [0.15, 0.2) is 15.6 Å². The molecule has 0 amide bonds. The molecule has 1 aliphatic carbocycles. The fraction of sp³-hybridized carbons (Fsp3) is 0.810. The van der Waals surface area contributed by atoms with Crippen molar-refractivity contribution >= 4 is 5.96 Å². The Morgan fingerprint density at radius 2 is 2.00 bits per heavy atom. The van der Waals surface area contributed by atoms with Crippen LogP contribution in [-0.4, -0.2) is 37.2 Å². The number of aliphatic imine (C=N–C) groups is 1. The molecule has 0 atom stereocenters. The smallest absolute Gasteiger partial charge is 0.216 e. The van der Waals surface area contributed by atoms with E-state index in [9.17, 15) is 0 Å². The van der Waals surface area contributed by atoms with Gasteiger partial charge in [0, 0.05) is 31.7 Å². The Morgan fingerprint density at radius 1 is 1.26 bits per heavy atom. The second-order valence-electron chi connectivity index (χ2n) is 8.57. The molecule has 154 valence electrons. The molecule has 0 saturated heterocycles. The van der Waals surface area contributed by atoms with Crippen LogP contribution in [0.4, 0.5) is 0 Å². The van der Waals surface area contributed by atoms with Gasteiger partial charge in [-0.2, -0.15) is 0 Å². The predicted octanol–water partition coefficient (Wildman–Crippen LogP) is 4.01. The summed E-state index contributed by atoms with van der Waals surface area (Å²) < 4.78 is 11.5. The van der Waals surface area contributed by atoms with E-state index in [0.717, 1.165) is 44.4 Å². The minimum Gasteiger partial charge on any atom is -0.443 e. The van der Waals surface area contributed by atoms with Gasteiger partial charge < -0.3 is 19.8 Å². The fourth-order valence-corrected chi connectivity index (χ4v) is 3.56.